The number of nitriles is 1. The predicted octanol–water partition coefficient (Wildman–Crippen LogP) is 1.29. The maximum Gasteiger partial charge on any atom is 0.333 e. The van der Waals surface area contributed by atoms with E-state index in [-0.39, 0.29) is 28.4 Å². The molecule has 1 unspecified atom stereocenters. The Morgan fingerprint density at radius 3 is 2.71 bits per heavy atom. The van der Waals surface area contributed by atoms with Gasteiger partial charge in [0.2, 0.25) is 0 Å². The van der Waals surface area contributed by atoms with Crippen LogP contribution in [0, 0.1) is 17.4 Å². The number of quaternary nitrogens is 1. The lowest BCUT2D eigenvalue weighted by atomic mass is 9.87. The normalized spacial score (nSPS) is 41.1. The molecule has 1 amide bonds. The van der Waals surface area contributed by atoms with E-state index < -0.39 is 0 Å². The zero-order chi connectivity index (χ0) is 12.5. The van der Waals surface area contributed by atoms with Gasteiger partial charge in [0.15, 0.2) is 0 Å². The van der Waals surface area contributed by atoms with E-state index in [1.165, 1.54) is 0 Å². The fourth-order valence-electron chi connectivity index (χ4n) is 3.02. The van der Waals surface area contributed by atoms with Crippen molar-refractivity contribution in [2.45, 2.75) is 44.7 Å². The molecular formula is C13H20N3O+. The van der Waals surface area contributed by atoms with Crippen LogP contribution in [0.25, 0.3) is 0 Å². The summed E-state index contributed by atoms with van der Waals surface area (Å²) in [5.74, 6) is -0.144. The molecule has 0 aromatic carbocycles. The molecule has 0 radical (unpaired) electrons. The average Bonchev–Trinajstić information content (AvgIpc) is 2.71. The highest BCUT2D eigenvalue weighted by molar-refractivity contribution is 5.74. The van der Waals surface area contributed by atoms with E-state index in [4.69, 9.17) is 5.73 Å². The van der Waals surface area contributed by atoms with Gasteiger partial charge in [0.05, 0.1) is 5.92 Å². The minimum atomic E-state index is -0.180. The van der Waals surface area contributed by atoms with Crippen molar-refractivity contribution in [2.24, 2.45) is 11.7 Å². The first-order valence-corrected chi connectivity index (χ1v) is 6.36. The van der Waals surface area contributed by atoms with Gasteiger partial charge in [-0.25, -0.2) is 4.79 Å². The van der Waals surface area contributed by atoms with Gasteiger partial charge in [0.1, 0.15) is 12.6 Å². The highest BCUT2D eigenvalue weighted by Crippen LogP contribution is 2.31. The maximum absolute atomic E-state index is 12.6. The van der Waals surface area contributed by atoms with Crippen LogP contribution in [-0.2, 0) is 4.79 Å². The summed E-state index contributed by atoms with van der Waals surface area (Å²) in [6.45, 7) is 2.65. The van der Waals surface area contributed by atoms with Crippen LogP contribution in [0.3, 0.4) is 0 Å². The van der Waals surface area contributed by atoms with Crippen molar-refractivity contribution in [1.29, 1.82) is 5.26 Å². The molecule has 92 valence electrons. The number of carbonyl (C=O) groups excluding carboxylic acids is 1. The number of hydrogen-bond donors (Lipinski definition) is 1. The molecule has 4 atom stereocenters. The number of allylic oxidation sites excluding steroid dienone is 1. The lowest BCUT2D eigenvalue weighted by molar-refractivity contribution is -0.801. The van der Waals surface area contributed by atoms with Crippen LogP contribution < -0.4 is 5.73 Å². The second-order valence-electron chi connectivity index (χ2n) is 5.24. The number of likely N-dealkylation sites (tertiary alicyclic amines) is 1. The van der Waals surface area contributed by atoms with E-state index in [0.717, 1.165) is 19.3 Å². The van der Waals surface area contributed by atoms with Crippen LogP contribution in [0.15, 0.2) is 12.2 Å². The molecule has 17 heavy (non-hydrogen) atoms. The minimum Gasteiger partial charge on any atom is -0.327 e. The molecule has 2 N–H and O–H groups in total. The van der Waals surface area contributed by atoms with Crippen molar-refractivity contribution in [3.8, 4) is 6.19 Å². The highest BCUT2D eigenvalue weighted by atomic mass is 16.2. The van der Waals surface area contributed by atoms with E-state index in [2.05, 4.69) is 6.19 Å². The summed E-state index contributed by atoms with van der Waals surface area (Å²) in [5.41, 5.74) is 6.02. The lowest BCUT2D eigenvalue weighted by Gasteiger charge is -2.32. The number of rotatable bonds is 1. The van der Waals surface area contributed by atoms with Crippen LogP contribution in [0.4, 0.5) is 0 Å². The van der Waals surface area contributed by atoms with E-state index in [0.29, 0.717) is 13.0 Å². The Hall–Kier alpha value is -1.18. The maximum atomic E-state index is 12.6. The van der Waals surface area contributed by atoms with E-state index >= 15 is 0 Å². The molecule has 0 aromatic heterocycles. The van der Waals surface area contributed by atoms with Crippen LogP contribution in [-0.4, -0.2) is 29.0 Å². The SMILES string of the molecule is C[C@@H]1CCC[N+]1(C#N)C(=O)[C@@H]1CC=CC[C@H]1N. The van der Waals surface area contributed by atoms with Crippen molar-refractivity contribution in [2.75, 3.05) is 6.54 Å². The standard InChI is InChI=1S/C13H20N3O/c1-10-5-4-8-16(10,9-14)13(17)11-6-2-3-7-12(11)15/h2-3,10-12H,4-8,15H2,1H3/q+1/t10-,11-,12-,16?/m1/s1. The molecule has 0 bridgehead atoms. The Morgan fingerprint density at radius 2 is 2.18 bits per heavy atom. The van der Waals surface area contributed by atoms with Crippen LogP contribution in [0.2, 0.25) is 0 Å². The van der Waals surface area contributed by atoms with Crippen molar-refractivity contribution >= 4 is 5.91 Å². The van der Waals surface area contributed by atoms with Crippen LogP contribution >= 0.6 is 0 Å². The highest BCUT2D eigenvalue weighted by Gasteiger charge is 2.50. The second-order valence-corrected chi connectivity index (χ2v) is 5.24. The van der Waals surface area contributed by atoms with Crippen molar-refractivity contribution < 1.29 is 9.28 Å². The smallest absolute Gasteiger partial charge is 0.327 e. The van der Waals surface area contributed by atoms with Gasteiger partial charge >= 0.3 is 12.1 Å². The fourth-order valence-corrected chi connectivity index (χ4v) is 3.02. The molecule has 1 fully saturated rings. The lowest BCUT2D eigenvalue weighted by Crippen LogP contribution is -2.56. The zero-order valence-corrected chi connectivity index (χ0v) is 10.3. The minimum absolute atomic E-state index is 0.0216. The zero-order valence-electron chi connectivity index (χ0n) is 10.3. The summed E-state index contributed by atoms with van der Waals surface area (Å²) in [6.07, 6.45) is 9.64. The van der Waals surface area contributed by atoms with Crippen LogP contribution in [0.1, 0.15) is 32.6 Å². The van der Waals surface area contributed by atoms with Crippen molar-refractivity contribution in [3.05, 3.63) is 12.2 Å². The first-order chi connectivity index (χ1) is 8.12. The molecule has 0 saturated carbocycles. The summed E-state index contributed by atoms with van der Waals surface area (Å²) in [6, 6.07) is -0.00532. The monoisotopic (exact) mass is 234 g/mol. The average molecular weight is 234 g/mol. The number of hydrogen-bond acceptors (Lipinski definition) is 3. The van der Waals surface area contributed by atoms with Gasteiger partial charge in [0.25, 0.3) is 0 Å². The Morgan fingerprint density at radius 1 is 1.47 bits per heavy atom. The molecule has 2 rings (SSSR count). The predicted molar refractivity (Wildman–Crippen MR) is 64.3 cm³/mol. The Balaban J connectivity index is 2.24. The molecule has 0 spiro atoms. The number of carbonyl (C=O) groups is 1. The summed E-state index contributed by atoms with van der Waals surface area (Å²) in [7, 11) is 0. The van der Waals surface area contributed by atoms with Crippen molar-refractivity contribution in [1.82, 2.24) is 0 Å². The Kier molecular flexibility index (Phi) is 3.32. The first-order valence-electron chi connectivity index (χ1n) is 6.36. The molecule has 4 heteroatoms. The summed E-state index contributed by atoms with van der Waals surface area (Å²) < 4.78 is -0.0216. The third-order valence-electron chi connectivity index (χ3n) is 4.26. The summed E-state index contributed by atoms with van der Waals surface area (Å²) in [4.78, 5) is 12.6. The molecule has 0 aromatic rings. The van der Waals surface area contributed by atoms with Gasteiger partial charge < -0.3 is 5.73 Å². The molecule has 1 heterocycles. The molecule has 2 aliphatic rings. The quantitative estimate of drug-likeness (QED) is 0.422. The summed E-state index contributed by atoms with van der Waals surface area (Å²) >= 11 is 0. The second kappa shape index (κ2) is 4.59. The van der Waals surface area contributed by atoms with Crippen LogP contribution in [0.5, 0.6) is 0 Å². The van der Waals surface area contributed by atoms with E-state index in [9.17, 15) is 10.1 Å². The van der Waals surface area contributed by atoms with Gasteiger partial charge in [0, 0.05) is 18.9 Å². The number of nitrogens with two attached hydrogens (primary N) is 1. The van der Waals surface area contributed by atoms with Gasteiger partial charge in [-0.2, -0.15) is 4.48 Å². The molecule has 1 aliphatic carbocycles. The van der Waals surface area contributed by atoms with Gasteiger partial charge in [-0.3, -0.25) is 0 Å². The third kappa shape index (κ3) is 1.90. The molecule has 4 nitrogen and oxygen atoms in total. The summed E-state index contributed by atoms with van der Waals surface area (Å²) in [5, 5.41) is 9.42. The third-order valence-corrected chi connectivity index (χ3v) is 4.26. The van der Waals surface area contributed by atoms with Gasteiger partial charge in [-0.15, -0.1) is 5.26 Å². The Bertz CT molecular complexity index is 385. The molecule has 1 aliphatic heterocycles. The topological polar surface area (TPSA) is 66.9 Å². The number of nitrogens with zero attached hydrogens (tertiary/aromatic N) is 2. The number of amides is 1. The van der Waals surface area contributed by atoms with E-state index in [1.807, 2.05) is 19.1 Å². The van der Waals surface area contributed by atoms with Gasteiger partial charge in [-0.1, -0.05) is 12.2 Å². The first kappa shape index (κ1) is 12.3. The van der Waals surface area contributed by atoms with Crippen molar-refractivity contribution in [3.63, 3.8) is 0 Å². The van der Waals surface area contributed by atoms with Gasteiger partial charge in [-0.05, 0) is 19.8 Å². The molecular weight excluding hydrogens is 214 g/mol. The molecule has 1 saturated heterocycles. The Labute approximate surface area is 102 Å². The largest absolute Gasteiger partial charge is 0.333 e. The fraction of sp³-hybridized carbons (Fsp3) is 0.692. The van der Waals surface area contributed by atoms with E-state index in [1.54, 1.807) is 0 Å².